The molecule has 1 aromatic heterocycles. The summed E-state index contributed by atoms with van der Waals surface area (Å²) in [5, 5.41) is 27.5. The van der Waals surface area contributed by atoms with Crippen molar-refractivity contribution in [2.75, 3.05) is 12.3 Å². The molecule has 25 heavy (non-hydrogen) atoms. The number of carboxylic acid groups (broad SMARTS) is 1. The third kappa shape index (κ3) is 3.83. The molecule has 1 aliphatic heterocycles. The van der Waals surface area contributed by atoms with Gasteiger partial charge < -0.3 is 25.3 Å². The van der Waals surface area contributed by atoms with Gasteiger partial charge >= 0.3 is 13.1 Å². The zero-order chi connectivity index (χ0) is 18.0. The fourth-order valence-electron chi connectivity index (χ4n) is 2.45. The first-order valence-corrected chi connectivity index (χ1v) is 9.31. The highest BCUT2D eigenvalue weighted by atomic mass is 32.2. The summed E-state index contributed by atoms with van der Waals surface area (Å²) in [6, 6.07) is 3.39. The highest BCUT2D eigenvalue weighted by molar-refractivity contribution is 8.02. The van der Waals surface area contributed by atoms with Crippen molar-refractivity contribution < 1.29 is 24.3 Å². The van der Waals surface area contributed by atoms with Crippen molar-refractivity contribution >= 4 is 41.3 Å². The van der Waals surface area contributed by atoms with E-state index in [1.54, 1.807) is 12.1 Å². The maximum atomic E-state index is 11.7. The number of fused-ring (bicyclic) bond motifs is 1. The SMILES string of the molecule is CCCOc1ccc2c(c1C(=O)O)OB(O)[C@@H](Sc1nnc(N)s1)C2. The van der Waals surface area contributed by atoms with Crippen LogP contribution in [0.4, 0.5) is 5.13 Å². The Kier molecular flexibility index (Phi) is 5.35. The summed E-state index contributed by atoms with van der Waals surface area (Å²) >= 11 is 2.52. The van der Waals surface area contributed by atoms with Gasteiger partial charge in [0.2, 0.25) is 5.13 Å². The zero-order valence-electron chi connectivity index (χ0n) is 13.3. The molecule has 2 aromatic rings. The number of carbonyl (C=O) groups is 1. The average Bonchev–Trinajstić information content (AvgIpc) is 2.98. The number of anilines is 1. The predicted octanol–water partition coefficient (Wildman–Crippen LogP) is 1.72. The molecule has 0 bridgehead atoms. The fraction of sp³-hybridized carbons (Fsp3) is 0.357. The first-order valence-electron chi connectivity index (χ1n) is 7.62. The molecule has 132 valence electrons. The van der Waals surface area contributed by atoms with E-state index in [0.29, 0.717) is 28.1 Å². The number of aromatic nitrogens is 2. The van der Waals surface area contributed by atoms with Gasteiger partial charge in [-0.25, -0.2) is 4.79 Å². The summed E-state index contributed by atoms with van der Waals surface area (Å²) < 4.78 is 11.7. The first kappa shape index (κ1) is 17.8. The van der Waals surface area contributed by atoms with Gasteiger partial charge in [-0.15, -0.1) is 10.2 Å². The zero-order valence-corrected chi connectivity index (χ0v) is 15.0. The quantitative estimate of drug-likeness (QED) is 0.641. The Balaban J connectivity index is 1.88. The molecule has 3 rings (SSSR count). The monoisotopic (exact) mass is 381 g/mol. The Bertz CT molecular complexity index is 788. The summed E-state index contributed by atoms with van der Waals surface area (Å²) in [7, 11) is -1.18. The van der Waals surface area contributed by atoms with Crippen LogP contribution in [0, 0.1) is 0 Å². The molecular weight excluding hydrogens is 365 g/mol. The number of thioether (sulfide) groups is 1. The molecule has 8 nitrogen and oxygen atoms in total. The molecule has 2 heterocycles. The molecule has 0 amide bonds. The van der Waals surface area contributed by atoms with Gasteiger partial charge in [0.15, 0.2) is 4.34 Å². The highest BCUT2D eigenvalue weighted by Gasteiger charge is 2.39. The predicted molar refractivity (Wildman–Crippen MR) is 95.5 cm³/mol. The number of hydrogen-bond acceptors (Lipinski definition) is 9. The number of nitrogens with two attached hydrogens (primary N) is 1. The van der Waals surface area contributed by atoms with Crippen LogP contribution in [-0.4, -0.2) is 45.2 Å². The number of nitrogen functional groups attached to an aromatic ring is 1. The van der Waals surface area contributed by atoms with Crippen LogP contribution in [-0.2, 0) is 6.42 Å². The lowest BCUT2D eigenvalue weighted by atomic mass is 9.77. The second kappa shape index (κ2) is 7.50. The Morgan fingerprint density at radius 2 is 2.36 bits per heavy atom. The van der Waals surface area contributed by atoms with Crippen molar-refractivity contribution in [3.8, 4) is 11.5 Å². The van der Waals surface area contributed by atoms with E-state index in [1.807, 2.05) is 6.92 Å². The lowest BCUT2D eigenvalue weighted by Crippen LogP contribution is -2.40. The normalized spacial score (nSPS) is 16.2. The van der Waals surface area contributed by atoms with Crippen molar-refractivity contribution in [3.63, 3.8) is 0 Å². The maximum Gasteiger partial charge on any atom is 0.537 e. The Morgan fingerprint density at radius 1 is 1.56 bits per heavy atom. The van der Waals surface area contributed by atoms with E-state index in [0.717, 1.165) is 6.42 Å². The third-order valence-electron chi connectivity index (χ3n) is 3.53. The van der Waals surface area contributed by atoms with Gasteiger partial charge in [-0.05, 0) is 24.5 Å². The van der Waals surface area contributed by atoms with Gasteiger partial charge in [0, 0.05) is 0 Å². The number of aromatic carboxylic acids is 1. The van der Waals surface area contributed by atoms with Crippen LogP contribution in [0.2, 0.25) is 0 Å². The van der Waals surface area contributed by atoms with Crippen LogP contribution in [0.15, 0.2) is 16.5 Å². The second-order valence-electron chi connectivity index (χ2n) is 5.36. The minimum absolute atomic E-state index is 0.0615. The molecule has 0 spiro atoms. The first-order chi connectivity index (χ1) is 12.0. The molecule has 0 radical (unpaired) electrons. The summed E-state index contributed by atoms with van der Waals surface area (Å²) in [4.78, 5) is 11.7. The van der Waals surface area contributed by atoms with Gasteiger partial charge in [-0.2, -0.15) is 0 Å². The number of nitrogens with zero attached hydrogens (tertiary/aromatic N) is 2. The average molecular weight is 381 g/mol. The smallest absolute Gasteiger partial charge is 0.534 e. The number of rotatable bonds is 6. The van der Waals surface area contributed by atoms with Crippen molar-refractivity contribution in [2.24, 2.45) is 0 Å². The largest absolute Gasteiger partial charge is 0.537 e. The highest BCUT2D eigenvalue weighted by Crippen LogP contribution is 2.40. The van der Waals surface area contributed by atoms with E-state index >= 15 is 0 Å². The van der Waals surface area contributed by atoms with Crippen LogP contribution in [0.5, 0.6) is 11.5 Å². The van der Waals surface area contributed by atoms with E-state index in [2.05, 4.69) is 10.2 Å². The Hall–Kier alpha value is -1.98. The van der Waals surface area contributed by atoms with Crippen molar-refractivity contribution in [2.45, 2.75) is 29.3 Å². The Labute approximate surface area is 152 Å². The van der Waals surface area contributed by atoms with Crippen molar-refractivity contribution in [1.29, 1.82) is 0 Å². The number of benzene rings is 1. The van der Waals surface area contributed by atoms with E-state index in [4.69, 9.17) is 15.1 Å². The number of hydrogen-bond donors (Lipinski definition) is 3. The molecule has 0 unspecified atom stereocenters. The van der Waals surface area contributed by atoms with Crippen molar-refractivity contribution in [3.05, 3.63) is 23.3 Å². The maximum absolute atomic E-state index is 11.7. The van der Waals surface area contributed by atoms with Gasteiger partial charge in [-0.3, -0.25) is 0 Å². The second-order valence-corrected chi connectivity index (χ2v) is 7.85. The summed E-state index contributed by atoms with van der Waals surface area (Å²) in [5.41, 5.74) is 6.20. The summed E-state index contributed by atoms with van der Waals surface area (Å²) in [6.07, 6.45) is 1.18. The molecule has 0 saturated heterocycles. The van der Waals surface area contributed by atoms with E-state index < -0.39 is 13.1 Å². The molecule has 0 aliphatic carbocycles. The number of carboxylic acids is 1. The van der Waals surface area contributed by atoms with Crippen molar-refractivity contribution in [1.82, 2.24) is 10.2 Å². The minimum atomic E-state index is -1.18. The van der Waals surface area contributed by atoms with Gasteiger partial charge in [-0.1, -0.05) is 36.1 Å². The minimum Gasteiger partial charge on any atom is -0.534 e. The Morgan fingerprint density at radius 3 is 3.00 bits per heavy atom. The summed E-state index contributed by atoms with van der Waals surface area (Å²) in [5.74, 6) is -0.760. The molecule has 0 fully saturated rings. The number of ether oxygens (including phenoxy) is 1. The van der Waals surface area contributed by atoms with Crippen LogP contribution in [0.1, 0.15) is 29.3 Å². The molecule has 11 heteroatoms. The fourth-order valence-corrected chi connectivity index (χ4v) is 4.39. The molecule has 1 aromatic carbocycles. The van der Waals surface area contributed by atoms with E-state index in [-0.39, 0.29) is 22.2 Å². The van der Waals surface area contributed by atoms with E-state index in [9.17, 15) is 14.9 Å². The van der Waals surface area contributed by atoms with Gasteiger partial charge in [0.05, 0.1) is 11.8 Å². The molecule has 1 atom stereocenters. The lowest BCUT2D eigenvalue weighted by Gasteiger charge is -2.28. The van der Waals surface area contributed by atoms with Crippen LogP contribution in [0.25, 0.3) is 0 Å². The van der Waals surface area contributed by atoms with Crippen LogP contribution < -0.4 is 15.1 Å². The lowest BCUT2D eigenvalue weighted by molar-refractivity contribution is 0.0689. The topological polar surface area (TPSA) is 128 Å². The van der Waals surface area contributed by atoms with Gasteiger partial charge in [0.1, 0.15) is 17.1 Å². The summed E-state index contributed by atoms with van der Waals surface area (Å²) in [6.45, 7) is 2.33. The molecule has 1 aliphatic rings. The van der Waals surface area contributed by atoms with Crippen LogP contribution >= 0.6 is 23.1 Å². The molecule has 0 saturated carbocycles. The third-order valence-corrected chi connectivity index (χ3v) is 5.60. The van der Waals surface area contributed by atoms with Crippen LogP contribution in [0.3, 0.4) is 0 Å². The standard InChI is InChI=1S/C14H16BN3O5S2/c1-2-5-22-8-4-3-7-6-9(24-14-18-17-13(16)25-14)15(21)23-11(7)10(8)12(19)20/h3-4,9,21H,2,5-6H2,1H3,(H2,16,17)(H,19,20)/t9-/m0/s1. The molecule has 4 N–H and O–H groups in total. The van der Waals surface area contributed by atoms with Gasteiger partial charge in [0.25, 0.3) is 0 Å². The molecular formula is C14H16BN3O5S2. The van der Waals surface area contributed by atoms with E-state index in [1.165, 1.54) is 23.1 Å².